The SMILES string of the molecule is CC1CCN(C(=O)/C=C/c2cc(CO)cs2)C1(C)C. The predicted octanol–water partition coefficient (Wildman–Crippen LogP) is 2.90. The van der Waals surface area contributed by atoms with Crippen molar-refractivity contribution in [1.29, 1.82) is 0 Å². The zero-order chi connectivity index (χ0) is 14.0. The van der Waals surface area contributed by atoms with Gasteiger partial charge in [0.15, 0.2) is 0 Å². The Bertz CT molecular complexity index is 490. The minimum Gasteiger partial charge on any atom is -0.392 e. The second-order valence-corrected chi connectivity index (χ2v) is 6.62. The van der Waals surface area contributed by atoms with Gasteiger partial charge in [-0.1, -0.05) is 6.92 Å². The van der Waals surface area contributed by atoms with Gasteiger partial charge >= 0.3 is 0 Å². The van der Waals surface area contributed by atoms with Crippen LogP contribution >= 0.6 is 11.3 Å². The molecule has 1 fully saturated rings. The van der Waals surface area contributed by atoms with Crippen molar-refractivity contribution in [2.75, 3.05) is 6.54 Å². The minimum absolute atomic E-state index is 0.0506. The van der Waals surface area contributed by atoms with Crippen LogP contribution in [0.3, 0.4) is 0 Å². The van der Waals surface area contributed by atoms with Gasteiger partial charge in [-0.25, -0.2) is 0 Å². The average Bonchev–Trinajstić information content (AvgIpc) is 2.93. The highest BCUT2D eigenvalue weighted by Crippen LogP contribution is 2.34. The van der Waals surface area contributed by atoms with Crippen LogP contribution in [0.15, 0.2) is 17.5 Å². The molecule has 1 unspecified atom stereocenters. The molecule has 3 nitrogen and oxygen atoms in total. The Labute approximate surface area is 118 Å². The summed E-state index contributed by atoms with van der Waals surface area (Å²) in [6.45, 7) is 7.35. The second kappa shape index (κ2) is 5.47. The van der Waals surface area contributed by atoms with E-state index in [4.69, 9.17) is 5.11 Å². The van der Waals surface area contributed by atoms with Crippen molar-refractivity contribution >= 4 is 23.3 Å². The summed E-state index contributed by atoms with van der Waals surface area (Å²) in [5.74, 6) is 0.612. The zero-order valence-electron chi connectivity index (χ0n) is 11.7. The van der Waals surface area contributed by atoms with E-state index in [0.29, 0.717) is 5.92 Å². The zero-order valence-corrected chi connectivity index (χ0v) is 12.5. The number of thiophene rings is 1. The van der Waals surface area contributed by atoms with E-state index in [2.05, 4.69) is 20.8 Å². The summed E-state index contributed by atoms with van der Waals surface area (Å²) in [6, 6.07) is 1.91. The fourth-order valence-electron chi connectivity index (χ4n) is 2.43. The molecule has 1 aromatic rings. The van der Waals surface area contributed by atoms with E-state index >= 15 is 0 Å². The van der Waals surface area contributed by atoms with Gasteiger partial charge in [0, 0.05) is 23.0 Å². The maximum absolute atomic E-state index is 12.3. The standard InChI is InChI=1S/C15H21NO2S/c1-11-6-7-16(15(11,2)3)14(18)5-4-13-8-12(9-17)10-19-13/h4-5,8,10-11,17H,6-7,9H2,1-3H3/b5-4+. The number of nitrogens with zero attached hydrogens (tertiary/aromatic N) is 1. The molecule has 1 aliphatic heterocycles. The number of rotatable bonds is 3. The van der Waals surface area contributed by atoms with Crippen molar-refractivity contribution in [3.63, 3.8) is 0 Å². The van der Waals surface area contributed by atoms with Crippen LogP contribution in [0.1, 0.15) is 37.6 Å². The van der Waals surface area contributed by atoms with Crippen LogP contribution < -0.4 is 0 Å². The molecule has 0 aromatic carbocycles. The molecule has 19 heavy (non-hydrogen) atoms. The lowest BCUT2D eigenvalue weighted by Crippen LogP contribution is -2.44. The van der Waals surface area contributed by atoms with Crippen LogP contribution in [-0.4, -0.2) is 28.0 Å². The van der Waals surface area contributed by atoms with Crippen LogP contribution in [-0.2, 0) is 11.4 Å². The largest absolute Gasteiger partial charge is 0.392 e. The average molecular weight is 279 g/mol. The molecule has 1 saturated heterocycles. The predicted molar refractivity (Wildman–Crippen MR) is 78.8 cm³/mol. The minimum atomic E-state index is -0.0624. The molecule has 1 amide bonds. The van der Waals surface area contributed by atoms with E-state index in [-0.39, 0.29) is 18.1 Å². The Morgan fingerprint density at radius 1 is 1.63 bits per heavy atom. The van der Waals surface area contributed by atoms with E-state index in [1.54, 1.807) is 17.4 Å². The lowest BCUT2D eigenvalue weighted by Gasteiger charge is -2.34. The molecule has 2 rings (SSSR count). The second-order valence-electron chi connectivity index (χ2n) is 5.68. The van der Waals surface area contributed by atoms with Crippen LogP contribution in [0, 0.1) is 5.92 Å². The van der Waals surface area contributed by atoms with Gasteiger partial charge in [0.2, 0.25) is 5.91 Å². The maximum atomic E-state index is 12.3. The molecule has 0 radical (unpaired) electrons. The molecule has 1 atom stereocenters. The highest BCUT2D eigenvalue weighted by Gasteiger charge is 2.40. The fourth-order valence-corrected chi connectivity index (χ4v) is 3.23. The first kappa shape index (κ1) is 14.3. The summed E-state index contributed by atoms with van der Waals surface area (Å²) in [7, 11) is 0. The summed E-state index contributed by atoms with van der Waals surface area (Å²) in [4.78, 5) is 15.2. The number of carbonyl (C=O) groups excluding carboxylic acids is 1. The van der Waals surface area contributed by atoms with Crippen LogP contribution in [0.5, 0.6) is 0 Å². The highest BCUT2D eigenvalue weighted by atomic mass is 32.1. The van der Waals surface area contributed by atoms with Gasteiger partial charge in [0.05, 0.1) is 6.61 Å². The first-order chi connectivity index (χ1) is 8.95. The normalized spacial score (nSPS) is 22.3. The maximum Gasteiger partial charge on any atom is 0.247 e. The number of amides is 1. The highest BCUT2D eigenvalue weighted by molar-refractivity contribution is 7.11. The molecule has 0 saturated carbocycles. The lowest BCUT2D eigenvalue weighted by molar-refractivity contribution is -0.129. The Balaban J connectivity index is 2.05. The molecule has 1 N–H and O–H groups in total. The van der Waals surface area contributed by atoms with Gasteiger partial charge in [-0.05, 0) is 49.3 Å². The van der Waals surface area contributed by atoms with E-state index in [9.17, 15) is 4.79 Å². The molecular weight excluding hydrogens is 258 g/mol. The number of aliphatic hydroxyl groups is 1. The van der Waals surface area contributed by atoms with Gasteiger partial charge in [-0.15, -0.1) is 11.3 Å². The monoisotopic (exact) mass is 279 g/mol. The van der Waals surface area contributed by atoms with Crippen molar-refractivity contribution in [2.45, 2.75) is 39.3 Å². The van der Waals surface area contributed by atoms with Crippen LogP contribution in [0.2, 0.25) is 0 Å². The van der Waals surface area contributed by atoms with Gasteiger partial charge in [-0.3, -0.25) is 4.79 Å². The van der Waals surface area contributed by atoms with E-state index in [0.717, 1.165) is 23.4 Å². The number of likely N-dealkylation sites (tertiary alicyclic amines) is 1. The topological polar surface area (TPSA) is 40.5 Å². The molecule has 2 heterocycles. The van der Waals surface area contributed by atoms with Gasteiger partial charge in [0.25, 0.3) is 0 Å². The summed E-state index contributed by atoms with van der Waals surface area (Å²) in [5.41, 5.74) is 0.833. The Kier molecular flexibility index (Phi) is 4.11. The number of aliphatic hydroxyl groups excluding tert-OH is 1. The van der Waals surface area contributed by atoms with Gasteiger partial charge in [-0.2, -0.15) is 0 Å². The summed E-state index contributed by atoms with van der Waals surface area (Å²) >= 11 is 1.54. The van der Waals surface area contributed by atoms with Crippen molar-refractivity contribution in [3.8, 4) is 0 Å². The van der Waals surface area contributed by atoms with Crippen molar-refractivity contribution in [3.05, 3.63) is 28.0 Å². The Hall–Kier alpha value is -1.13. The van der Waals surface area contributed by atoms with Crippen molar-refractivity contribution < 1.29 is 9.90 Å². The van der Waals surface area contributed by atoms with Gasteiger partial charge in [0.1, 0.15) is 0 Å². The summed E-state index contributed by atoms with van der Waals surface area (Å²) < 4.78 is 0. The number of carbonyl (C=O) groups is 1. The molecule has 1 aromatic heterocycles. The van der Waals surface area contributed by atoms with Crippen LogP contribution in [0.4, 0.5) is 0 Å². The quantitative estimate of drug-likeness (QED) is 0.864. The third-order valence-electron chi connectivity index (χ3n) is 4.20. The molecule has 104 valence electrons. The Morgan fingerprint density at radius 3 is 2.89 bits per heavy atom. The van der Waals surface area contributed by atoms with Crippen molar-refractivity contribution in [2.24, 2.45) is 5.92 Å². The summed E-state index contributed by atoms with van der Waals surface area (Å²) in [5, 5.41) is 10.9. The number of hydrogen-bond donors (Lipinski definition) is 1. The number of hydrogen-bond acceptors (Lipinski definition) is 3. The first-order valence-electron chi connectivity index (χ1n) is 6.63. The Morgan fingerprint density at radius 2 is 2.37 bits per heavy atom. The third-order valence-corrected chi connectivity index (χ3v) is 5.15. The molecule has 0 spiro atoms. The van der Waals surface area contributed by atoms with E-state index in [1.165, 1.54) is 0 Å². The molecular formula is C15H21NO2S. The molecule has 1 aliphatic rings. The molecule has 0 aliphatic carbocycles. The fraction of sp³-hybridized carbons (Fsp3) is 0.533. The van der Waals surface area contributed by atoms with Gasteiger partial charge < -0.3 is 10.0 Å². The molecule has 0 bridgehead atoms. The first-order valence-corrected chi connectivity index (χ1v) is 7.51. The smallest absolute Gasteiger partial charge is 0.247 e. The van der Waals surface area contributed by atoms with Crippen molar-refractivity contribution in [1.82, 2.24) is 4.90 Å². The van der Waals surface area contributed by atoms with E-state index in [1.807, 2.05) is 22.4 Å². The summed E-state index contributed by atoms with van der Waals surface area (Å²) in [6.07, 6.45) is 4.55. The lowest BCUT2D eigenvalue weighted by atomic mass is 9.90. The third kappa shape index (κ3) is 2.90. The molecule has 4 heteroatoms. The van der Waals surface area contributed by atoms with E-state index < -0.39 is 0 Å². The van der Waals surface area contributed by atoms with Crippen LogP contribution in [0.25, 0.3) is 6.08 Å².